The zero-order valence-corrected chi connectivity index (χ0v) is 16.0. The predicted octanol–water partition coefficient (Wildman–Crippen LogP) is 2.62. The van der Waals surface area contributed by atoms with E-state index in [0.29, 0.717) is 6.42 Å². The average molecular weight is 368 g/mol. The van der Waals surface area contributed by atoms with Gasteiger partial charge in [0.15, 0.2) is 0 Å². The number of nitrogens with one attached hydrogen (secondary N) is 1. The number of carbonyl (C=O) groups is 2. The Morgan fingerprint density at radius 2 is 1.96 bits per heavy atom. The van der Waals surface area contributed by atoms with Crippen molar-refractivity contribution >= 4 is 23.7 Å². The third-order valence-electron chi connectivity index (χ3n) is 3.85. The van der Waals surface area contributed by atoms with Gasteiger partial charge < -0.3 is 4.74 Å². The first-order chi connectivity index (χ1) is 11.8. The van der Waals surface area contributed by atoms with Crippen molar-refractivity contribution in [2.24, 2.45) is 5.41 Å². The molecule has 140 valence electrons. The molecule has 1 aromatic carbocycles. The van der Waals surface area contributed by atoms with Crippen LogP contribution in [0.3, 0.4) is 0 Å². The lowest BCUT2D eigenvalue weighted by atomic mass is 9.88. The SMILES string of the molecule is CCCC(C)(C)C(=O)OCCN(O)NC(Cc1ccccc1)C(=O)S. The molecule has 0 aliphatic carbocycles. The van der Waals surface area contributed by atoms with Crippen LogP contribution in [0.2, 0.25) is 0 Å². The second-order valence-electron chi connectivity index (χ2n) is 6.60. The van der Waals surface area contributed by atoms with Gasteiger partial charge in [-0.1, -0.05) is 43.7 Å². The molecule has 1 rings (SSSR count). The van der Waals surface area contributed by atoms with Crippen LogP contribution in [0.15, 0.2) is 30.3 Å². The van der Waals surface area contributed by atoms with Crippen molar-refractivity contribution in [1.29, 1.82) is 0 Å². The molecule has 0 spiro atoms. The molecule has 0 aliphatic heterocycles. The molecule has 25 heavy (non-hydrogen) atoms. The van der Waals surface area contributed by atoms with Crippen LogP contribution in [0.4, 0.5) is 0 Å². The number of esters is 1. The maximum absolute atomic E-state index is 12.0. The molecule has 2 N–H and O–H groups in total. The Labute approximate surface area is 154 Å². The van der Waals surface area contributed by atoms with Crippen LogP contribution in [0, 0.1) is 5.41 Å². The standard InChI is InChI=1S/C18H28N2O4S/c1-4-10-18(2,3)17(22)24-12-11-20(23)19-15(16(21)25)13-14-8-6-5-7-9-14/h5-9,15,19,23H,4,10-13H2,1-3H3,(H,21,25). The van der Waals surface area contributed by atoms with Crippen LogP contribution in [0.25, 0.3) is 0 Å². The predicted molar refractivity (Wildman–Crippen MR) is 99.2 cm³/mol. The summed E-state index contributed by atoms with van der Waals surface area (Å²) in [6.45, 7) is 5.75. The fourth-order valence-corrected chi connectivity index (χ4v) is 2.58. The normalized spacial score (nSPS) is 12.9. The number of hydrogen-bond acceptors (Lipinski definition) is 6. The maximum Gasteiger partial charge on any atom is 0.311 e. The van der Waals surface area contributed by atoms with Gasteiger partial charge in [-0.15, -0.1) is 17.8 Å². The van der Waals surface area contributed by atoms with E-state index in [-0.39, 0.29) is 24.2 Å². The van der Waals surface area contributed by atoms with Crippen LogP contribution in [-0.4, -0.2) is 40.7 Å². The molecule has 1 aromatic rings. The number of hydroxylamine groups is 1. The number of benzene rings is 1. The van der Waals surface area contributed by atoms with Crippen molar-refractivity contribution in [2.45, 2.75) is 46.1 Å². The largest absolute Gasteiger partial charge is 0.464 e. The Hall–Kier alpha value is -1.41. The van der Waals surface area contributed by atoms with Crippen molar-refractivity contribution in [3.63, 3.8) is 0 Å². The smallest absolute Gasteiger partial charge is 0.311 e. The molecule has 0 amide bonds. The summed E-state index contributed by atoms with van der Waals surface area (Å²) in [6, 6.07) is 8.76. The van der Waals surface area contributed by atoms with Gasteiger partial charge in [0.2, 0.25) is 5.12 Å². The van der Waals surface area contributed by atoms with Crippen LogP contribution in [0.5, 0.6) is 0 Å². The highest BCUT2D eigenvalue weighted by atomic mass is 32.1. The van der Waals surface area contributed by atoms with Crippen LogP contribution >= 0.6 is 12.6 Å². The minimum absolute atomic E-state index is 0.0221. The summed E-state index contributed by atoms with van der Waals surface area (Å²) < 4.78 is 5.21. The molecular formula is C18H28N2O4S. The Morgan fingerprint density at radius 1 is 1.32 bits per heavy atom. The summed E-state index contributed by atoms with van der Waals surface area (Å²) in [5, 5.41) is 10.3. The average Bonchev–Trinajstić information content (AvgIpc) is 2.55. The van der Waals surface area contributed by atoms with Crippen LogP contribution in [-0.2, 0) is 20.7 Å². The van der Waals surface area contributed by atoms with Gasteiger partial charge in [-0.05, 0) is 32.3 Å². The fourth-order valence-electron chi connectivity index (χ4n) is 2.43. The van der Waals surface area contributed by atoms with E-state index in [2.05, 4.69) is 18.1 Å². The van der Waals surface area contributed by atoms with E-state index >= 15 is 0 Å². The molecule has 1 atom stereocenters. The number of rotatable bonds is 11. The van der Waals surface area contributed by atoms with Gasteiger partial charge in [0.05, 0.1) is 18.0 Å². The fraction of sp³-hybridized carbons (Fsp3) is 0.556. The van der Waals surface area contributed by atoms with Crippen molar-refractivity contribution in [2.75, 3.05) is 13.2 Å². The zero-order valence-electron chi connectivity index (χ0n) is 15.1. The maximum atomic E-state index is 12.0. The van der Waals surface area contributed by atoms with E-state index in [1.807, 2.05) is 51.1 Å². The van der Waals surface area contributed by atoms with Crippen molar-refractivity contribution < 1.29 is 19.5 Å². The van der Waals surface area contributed by atoms with Gasteiger partial charge in [0.25, 0.3) is 0 Å². The van der Waals surface area contributed by atoms with Crippen molar-refractivity contribution in [3.8, 4) is 0 Å². The lowest BCUT2D eigenvalue weighted by Crippen LogP contribution is -2.48. The molecule has 0 fully saturated rings. The first-order valence-electron chi connectivity index (χ1n) is 8.42. The molecular weight excluding hydrogens is 340 g/mol. The summed E-state index contributed by atoms with van der Waals surface area (Å²) in [4.78, 5) is 23.6. The Kier molecular flexibility index (Phi) is 9.13. The van der Waals surface area contributed by atoms with E-state index in [9.17, 15) is 14.8 Å². The summed E-state index contributed by atoms with van der Waals surface area (Å²) in [5.41, 5.74) is 3.08. The molecule has 6 nitrogen and oxygen atoms in total. The molecule has 0 saturated carbocycles. The second kappa shape index (κ2) is 10.6. The quantitative estimate of drug-likeness (QED) is 0.317. The van der Waals surface area contributed by atoms with Gasteiger partial charge in [0, 0.05) is 0 Å². The van der Waals surface area contributed by atoms with Gasteiger partial charge in [-0.25, -0.2) is 5.43 Å². The molecule has 1 unspecified atom stereocenters. The highest BCUT2D eigenvalue weighted by Crippen LogP contribution is 2.23. The molecule has 0 bridgehead atoms. The number of hydrogen-bond donors (Lipinski definition) is 3. The van der Waals surface area contributed by atoms with E-state index in [0.717, 1.165) is 23.6 Å². The first kappa shape index (κ1) is 21.6. The lowest BCUT2D eigenvalue weighted by molar-refractivity contribution is -0.171. The molecule has 0 aliphatic rings. The van der Waals surface area contributed by atoms with Crippen molar-refractivity contribution in [1.82, 2.24) is 10.6 Å². The first-order valence-corrected chi connectivity index (χ1v) is 8.87. The highest BCUT2D eigenvalue weighted by molar-refractivity contribution is 7.96. The van der Waals surface area contributed by atoms with E-state index in [1.54, 1.807) is 0 Å². The minimum Gasteiger partial charge on any atom is -0.464 e. The van der Waals surface area contributed by atoms with E-state index in [1.165, 1.54) is 0 Å². The summed E-state index contributed by atoms with van der Waals surface area (Å²) in [7, 11) is 0. The molecule has 7 heteroatoms. The van der Waals surface area contributed by atoms with Gasteiger partial charge in [-0.3, -0.25) is 14.8 Å². The lowest BCUT2D eigenvalue weighted by Gasteiger charge is -2.24. The van der Waals surface area contributed by atoms with Gasteiger partial charge in [0.1, 0.15) is 6.61 Å². The number of nitrogens with zero attached hydrogens (tertiary/aromatic N) is 1. The van der Waals surface area contributed by atoms with Gasteiger partial charge in [-0.2, -0.15) is 0 Å². The monoisotopic (exact) mass is 368 g/mol. The molecule has 0 aromatic heterocycles. The van der Waals surface area contributed by atoms with E-state index in [4.69, 9.17) is 4.74 Å². The minimum atomic E-state index is -0.678. The third kappa shape index (κ3) is 8.00. The number of ether oxygens (including phenoxy) is 1. The number of hydrazine groups is 1. The molecule has 0 heterocycles. The molecule has 0 saturated heterocycles. The van der Waals surface area contributed by atoms with Crippen LogP contribution < -0.4 is 5.43 Å². The number of thiol groups is 1. The topological polar surface area (TPSA) is 78.9 Å². The van der Waals surface area contributed by atoms with Crippen LogP contribution in [0.1, 0.15) is 39.2 Å². The Bertz CT molecular complexity index is 551. The summed E-state index contributed by atoms with van der Waals surface area (Å²) in [5.74, 6) is -0.297. The molecule has 0 radical (unpaired) electrons. The van der Waals surface area contributed by atoms with Gasteiger partial charge >= 0.3 is 5.97 Å². The highest BCUT2D eigenvalue weighted by Gasteiger charge is 2.28. The zero-order chi connectivity index (χ0) is 18.9. The number of carbonyl (C=O) groups excluding carboxylic acids is 2. The summed E-state index contributed by atoms with van der Waals surface area (Å²) in [6.07, 6.45) is 2.02. The van der Waals surface area contributed by atoms with Crippen molar-refractivity contribution in [3.05, 3.63) is 35.9 Å². The Balaban J connectivity index is 2.44. The summed E-state index contributed by atoms with van der Waals surface area (Å²) >= 11 is 3.86. The second-order valence-corrected chi connectivity index (χ2v) is 7.04. The third-order valence-corrected chi connectivity index (χ3v) is 4.16. The van der Waals surface area contributed by atoms with E-state index < -0.39 is 11.5 Å². The Morgan fingerprint density at radius 3 is 2.52 bits per heavy atom.